The lowest BCUT2D eigenvalue weighted by Gasteiger charge is -2.32. The summed E-state index contributed by atoms with van der Waals surface area (Å²) in [5.74, 6) is -0.500. The summed E-state index contributed by atoms with van der Waals surface area (Å²) in [7, 11) is 0. The number of nitrogens with zero attached hydrogens (tertiary/aromatic N) is 4. The number of piperidine rings is 1. The van der Waals surface area contributed by atoms with E-state index in [4.69, 9.17) is 5.73 Å². The van der Waals surface area contributed by atoms with E-state index < -0.39 is 5.91 Å². The Balaban J connectivity index is 1.77. The second-order valence-electron chi connectivity index (χ2n) is 5.90. The van der Waals surface area contributed by atoms with Crippen molar-refractivity contribution in [3.05, 3.63) is 41.2 Å². The first kappa shape index (κ1) is 16.1. The average Bonchev–Trinajstić information content (AvgIpc) is 3.11. The van der Waals surface area contributed by atoms with Crippen molar-refractivity contribution >= 4 is 11.8 Å². The zero-order valence-corrected chi connectivity index (χ0v) is 13.5. The molecule has 3 N–H and O–H groups in total. The summed E-state index contributed by atoms with van der Waals surface area (Å²) in [6, 6.07) is 1.67. The minimum absolute atomic E-state index is 0.0493. The summed E-state index contributed by atoms with van der Waals surface area (Å²) in [5.41, 5.74) is 7.61. The van der Waals surface area contributed by atoms with Crippen molar-refractivity contribution in [2.45, 2.75) is 32.1 Å². The highest BCUT2D eigenvalue weighted by atomic mass is 16.2. The van der Waals surface area contributed by atoms with Crippen LogP contribution in [0.15, 0.2) is 18.6 Å². The topological polar surface area (TPSA) is 118 Å². The second kappa shape index (κ2) is 6.77. The Morgan fingerprint density at radius 2 is 2.29 bits per heavy atom. The first-order valence-corrected chi connectivity index (χ1v) is 8.03. The third-order valence-electron chi connectivity index (χ3n) is 4.36. The van der Waals surface area contributed by atoms with Crippen LogP contribution in [-0.4, -0.2) is 50.0 Å². The molecule has 0 aromatic carbocycles. The molecule has 0 spiro atoms. The number of carbonyl (C=O) groups excluding carboxylic acids is 2. The van der Waals surface area contributed by atoms with Crippen molar-refractivity contribution in [2.24, 2.45) is 5.73 Å². The number of carbonyl (C=O) groups is 2. The van der Waals surface area contributed by atoms with Crippen molar-refractivity contribution in [1.29, 1.82) is 0 Å². The van der Waals surface area contributed by atoms with Crippen LogP contribution in [0.2, 0.25) is 0 Å². The van der Waals surface area contributed by atoms with E-state index in [-0.39, 0.29) is 17.5 Å². The molecule has 0 radical (unpaired) electrons. The van der Waals surface area contributed by atoms with Gasteiger partial charge in [-0.25, -0.2) is 9.97 Å². The standard InChI is InChI=1S/C16H20N6O2/c1-2-12-11(7-18-9-19-12)16(24)22-5-3-4-10(8-22)13-6-14(15(17)23)21-20-13/h6-7,9-10H,2-5,8H2,1H3,(H2,17,23)(H,20,21)/t10-/m1/s1. The van der Waals surface area contributed by atoms with Gasteiger partial charge in [-0.1, -0.05) is 6.92 Å². The number of hydrogen-bond acceptors (Lipinski definition) is 5. The monoisotopic (exact) mass is 328 g/mol. The highest BCUT2D eigenvalue weighted by molar-refractivity contribution is 5.95. The lowest BCUT2D eigenvalue weighted by Crippen LogP contribution is -2.39. The zero-order chi connectivity index (χ0) is 17.1. The molecule has 3 heterocycles. The lowest BCUT2D eigenvalue weighted by atomic mass is 9.94. The zero-order valence-electron chi connectivity index (χ0n) is 13.5. The van der Waals surface area contributed by atoms with Crippen molar-refractivity contribution in [3.8, 4) is 0 Å². The Kier molecular flexibility index (Phi) is 4.54. The molecule has 1 fully saturated rings. The van der Waals surface area contributed by atoms with E-state index in [1.807, 2.05) is 11.8 Å². The number of aromatic nitrogens is 4. The number of primary amides is 1. The predicted molar refractivity (Wildman–Crippen MR) is 86.4 cm³/mol. The summed E-state index contributed by atoms with van der Waals surface area (Å²) in [4.78, 5) is 34.0. The molecule has 0 bridgehead atoms. The average molecular weight is 328 g/mol. The molecule has 3 rings (SSSR count). The van der Waals surface area contributed by atoms with Gasteiger partial charge in [0, 0.05) is 30.9 Å². The van der Waals surface area contributed by atoms with Gasteiger partial charge in [-0.2, -0.15) is 5.10 Å². The summed E-state index contributed by atoms with van der Waals surface area (Å²) >= 11 is 0. The predicted octanol–water partition coefficient (Wildman–Crippen LogP) is 0.881. The molecule has 1 atom stereocenters. The molecule has 0 saturated carbocycles. The number of nitrogens with two attached hydrogens (primary N) is 1. The third-order valence-corrected chi connectivity index (χ3v) is 4.36. The first-order valence-electron chi connectivity index (χ1n) is 8.03. The molecule has 2 aromatic heterocycles. The van der Waals surface area contributed by atoms with Crippen LogP contribution in [0.4, 0.5) is 0 Å². The molecule has 0 unspecified atom stereocenters. The summed E-state index contributed by atoms with van der Waals surface area (Å²) in [5, 5.41) is 6.79. The summed E-state index contributed by atoms with van der Waals surface area (Å²) in [6.07, 6.45) is 5.54. The highest BCUT2D eigenvalue weighted by Crippen LogP contribution is 2.27. The lowest BCUT2D eigenvalue weighted by molar-refractivity contribution is 0.0703. The van der Waals surface area contributed by atoms with Gasteiger partial charge in [0.2, 0.25) is 0 Å². The van der Waals surface area contributed by atoms with Gasteiger partial charge in [-0.3, -0.25) is 14.7 Å². The van der Waals surface area contributed by atoms with Crippen LogP contribution in [0.25, 0.3) is 0 Å². The maximum Gasteiger partial charge on any atom is 0.269 e. The molecule has 0 aliphatic carbocycles. The molecule has 1 saturated heterocycles. The molecular weight excluding hydrogens is 308 g/mol. The SMILES string of the molecule is CCc1ncncc1C(=O)N1CCC[C@@H](c2cc(C(N)=O)n[nH]2)C1. The minimum atomic E-state index is -0.560. The van der Waals surface area contributed by atoms with Gasteiger partial charge >= 0.3 is 0 Å². The Morgan fingerprint density at radius 3 is 3.00 bits per heavy atom. The Hall–Kier alpha value is -2.77. The molecule has 1 aliphatic heterocycles. The van der Waals surface area contributed by atoms with Gasteiger partial charge < -0.3 is 10.6 Å². The number of H-pyrrole nitrogens is 1. The van der Waals surface area contributed by atoms with Crippen LogP contribution < -0.4 is 5.73 Å². The quantitative estimate of drug-likeness (QED) is 0.864. The Labute approximate surface area is 139 Å². The number of nitrogens with one attached hydrogen (secondary N) is 1. The van der Waals surface area contributed by atoms with Crippen molar-refractivity contribution in [1.82, 2.24) is 25.1 Å². The fourth-order valence-corrected chi connectivity index (χ4v) is 3.07. The van der Waals surface area contributed by atoms with Gasteiger partial charge in [0.05, 0.1) is 11.3 Å². The van der Waals surface area contributed by atoms with Crippen LogP contribution >= 0.6 is 0 Å². The third kappa shape index (κ3) is 3.12. The van der Waals surface area contributed by atoms with E-state index >= 15 is 0 Å². The van der Waals surface area contributed by atoms with Gasteiger partial charge in [-0.15, -0.1) is 0 Å². The van der Waals surface area contributed by atoms with Gasteiger partial charge in [-0.05, 0) is 25.3 Å². The fourth-order valence-electron chi connectivity index (χ4n) is 3.07. The largest absolute Gasteiger partial charge is 0.364 e. The van der Waals surface area contributed by atoms with E-state index in [1.165, 1.54) is 6.33 Å². The number of likely N-dealkylation sites (tertiary alicyclic amines) is 1. The van der Waals surface area contributed by atoms with E-state index in [0.29, 0.717) is 25.1 Å². The second-order valence-corrected chi connectivity index (χ2v) is 5.90. The van der Waals surface area contributed by atoms with Gasteiger partial charge in [0.25, 0.3) is 11.8 Å². The van der Waals surface area contributed by atoms with Crippen molar-refractivity contribution < 1.29 is 9.59 Å². The number of amides is 2. The number of aromatic amines is 1. The number of rotatable bonds is 4. The van der Waals surface area contributed by atoms with Crippen molar-refractivity contribution in [2.75, 3.05) is 13.1 Å². The normalized spacial score (nSPS) is 17.7. The van der Waals surface area contributed by atoms with Crippen LogP contribution in [0, 0.1) is 0 Å². The molecule has 126 valence electrons. The smallest absolute Gasteiger partial charge is 0.269 e. The van der Waals surface area contributed by atoms with Gasteiger partial charge in [0.15, 0.2) is 0 Å². The summed E-state index contributed by atoms with van der Waals surface area (Å²) < 4.78 is 0. The molecule has 8 heteroatoms. The van der Waals surface area contributed by atoms with E-state index in [1.54, 1.807) is 12.3 Å². The maximum absolute atomic E-state index is 12.8. The Morgan fingerprint density at radius 1 is 1.46 bits per heavy atom. The van der Waals surface area contributed by atoms with Gasteiger partial charge in [0.1, 0.15) is 12.0 Å². The molecule has 24 heavy (non-hydrogen) atoms. The fraction of sp³-hybridized carbons (Fsp3) is 0.438. The summed E-state index contributed by atoms with van der Waals surface area (Å²) in [6.45, 7) is 3.23. The molecule has 2 amide bonds. The highest BCUT2D eigenvalue weighted by Gasteiger charge is 2.28. The molecule has 2 aromatic rings. The van der Waals surface area contributed by atoms with E-state index in [2.05, 4.69) is 20.2 Å². The van der Waals surface area contributed by atoms with Crippen LogP contribution in [0.1, 0.15) is 57.9 Å². The Bertz CT molecular complexity index is 757. The molecular formula is C16H20N6O2. The van der Waals surface area contributed by atoms with Crippen LogP contribution in [0.3, 0.4) is 0 Å². The van der Waals surface area contributed by atoms with E-state index in [9.17, 15) is 9.59 Å². The number of aryl methyl sites for hydroxylation is 1. The number of hydrogen-bond donors (Lipinski definition) is 2. The minimum Gasteiger partial charge on any atom is -0.364 e. The van der Waals surface area contributed by atoms with Crippen LogP contribution in [0.5, 0.6) is 0 Å². The van der Waals surface area contributed by atoms with E-state index in [0.717, 1.165) is 24.2 Å². The first-order chi connectivity index (χ1) is 11.6. The maximum atomic E-state index is 12.8. The molecule has 8 nitrogen and oxygen atoms in total. The molecule has 1 aliphatic rings. The van der Waals surface area contributed by atoms with Crippen LogP contribution in [-0.2, 0) is 6.42 Å². The van der Waals surface area contributed by atoms with Crippen molar-refractivity contribution in [3.63, 3.8) is 0 Å².